The summed E-state index contributed by atoms with van der Waals surface area (Å²) in [5, 5.41) is 50.2. The predicted molar refractivity (Wildman–Crippen MR) is 175 cm³/mol. The zero-order chi connectivity index (χ0) is 32.4. The maximum absolute atomic E-state index is 11.6. The third-order valence-electron chi connectivity index (χ3n) is 8.71. The Morgan fingerprint density at radius 2 is 1.49 bits per heavy atom. The van der Waals surface area contributed by atoms with E-state index in [1.165, 1.54) is 16.4 Å². The molecule has 2 aliphatic rings. The third-order valence-corrected chi connectivity index (χ3v) is 10.0. The van der Waals surface area contributed by atoms with Crippen molar-refractivity contribution in [1.82, 2.24) is 30.0 Å². The Kier molecular flexibility index (Phi) is 9.19. The molecule has 13 heteroatoms. The van der Waals surface area contributed by atoms with Crippen LogP contribution in [0.3, 0.4) is 0 Å². The summed E-state index contributed by atoms with van der Waals surface area (Å²) < 4.78 is 21.0. The van der Waals surface area contributed by atoms with Gasteiger partial charge in [0.05, 0.1) is 32.2 Å². The monoisotopic (exact) mass is 656 g/mol. The molecule has 2 aromatic heterocycles. The van der Waals surface area contributed by atoms with E-state index in [9.17, 15) is 15.3 Å². The molecule has 0 spiro atoms. The molecule has 2 aliphatic heterocycles. The molecule has 0 saturated carbocycles. The van der Waals surface area contributed by atoms with Gasteiger partial charge in [0, 0.05) is 29.9 Å². The minimum Gasteiger partial charge on any atom is -0.394 e. The lowest BCUT2D eigenvalue weighted by Gasteiger charge is -2.45. The molecule has 7 atom stereocenters. The lowest BCUT2D eigenvalue weighted by atomic mass is 9.97. The highest BCUT2D eigenvalue weighted by Crippen LogP contribution is 2.41. The van der Waals surface area contributed by atoms with Crippen LogP contribution in [0.4, 0.5) is 0 Å². The van der Waals surface area contributed by atoms with Crippen molar-refractivity contribution in [3.8, 4) is 33.6 Å². The van der Waals surface area contributed by atoms with Gasteiger partial charge in [-0.05, 0) is 11.1 Å². The van der Waals surface area contributed by atoms with Gasteiger partial charge < -0.3 is 29.5 Å². The van der Waals surface area contributed by atoms with Gasteiger partial charge >= 0.3 is 0 Å². The molecule has 2 saturated heterocycles. The second-order valence-electron chi connectivity index (χ2n) is 11.8. The summed E-state index contributed by atoms with van der Waals surface area (Å²) in [6.07, 6.45) is 1.10. The number of aliphatic hydroxyl groups is 3. The average Bonchev–Trinajstić information content (AvgIpc) is 3.81. The minimum absolute atomic E-state index is 0.0511. The predicted octanol–water partition coefficient (Wildman–Crippen LogP) is 3.37. The summed E-state index contributed by atoms with van der Waals surface area (Å²) in [5.74, 6) is 0. The van der Waals surface area contributed by atoms with Gasteiger partial charge in [-0.3, -0.25) is 0 Å². The van der Waals surface area contributed by atoms with Crippen LogP contribution in [-0.4, -0.2) is 101 Å². The highest BCUT2D eigenvalue weighted by Gasteiger charge is 2.49. The quantitative estimate of drug-likeness (QED) is 0.214. The fourth-order valence-electron chi connectivity index (χ4n) is 6.22. The Bertz CT molecular complexity index is 1760. The first-order chi connectivity index (χ1) is 23.0. The van der Waals surface area contributed by atoms with Crippen molar-refractivity contribution >= 4 is 11.8 Å². The molecule has 7 unspecified atom stereocenters. The molecular formula is C34H36N6O6S. The van der Waals surface area contributed by atoms with Gasteiger partial charge in [-0.25, -0.2) is 9.36 Å². The molecule has 4 heterocycles. The molecule has 0 amide bonds. The van der Waals surface area contributed by atoms with Crippen LogP contribution in [-0.2, 0) is 19.9 Å². The second kappa shape index (κ2) is 13.6. The average molecular weight is 657 g/mol. The molecule has 3 N–H and O–H groups in total. The molecule has 0 bridgehead atoms. The van der Waals surface area contributed by atoms with Crippen molar-refractivity contribution in [3.63, 3.8) is 0 Å². The van der Waals surface area contributed by atoms with Gasteiger partial charge in [0.25, 0.3) is 0 Å². The summed E-state index contributed by atoms with van der Waals surface area (Å²) >= 11 is 1.42. The van der Waals surface area contributed by atoms with Gasteiger partial charge in [-0.1, -0.05) is 95.4 Å². The van der Waals surface area contributed by atoms with Crippen molar-refractivity contribution in [2.45, 2.75) is 47.2 Å². The Morgan fingerprint density at radius 1 is 0.872 bits per heavy atom. The highest BCUT2D eigenvalue weighted by molar-refractivity contribution is 8.00. The van der Waals surface area contributed by atoms with E-state index in [1.807, 2.05) is 72.8 Å². The number of hydrogen-bond donors (Lipinski definition) is 3. The SMILES string of the molecule is COC1C(SC2COCC(O)(n3cc(-c4ccccc4)nn3)C2)OC(CO)C(O)C1n1cc(-c2ccc(-c3ccccc3)cc2)nn1. The zero-order valence-electron chi connectivity index (χ0n) is 25.7. The van der Waals surface area contributed by atoms with Crippen molar-refractivity contribution in [3.05, 3.63) is 97.3 Å². The van der Waals surface area contributed by atoms with E-state index >= 15 is 0 Å². The Labute approximate surface area is 275 Å². The smallest absolute Gasteiger partial charge is 0.184 e. The van der Waals surface area contributed by atoms with Gasteiger partial charge in [-0.15, -0.1) is 22.0 Å². The fraction of sp³-hybridized carbons (Fsp3) is 0.353. The van der Waals surface area contributed by atoms with Gasteiger partial charge in [0.2, 0.25) is 0 Å². The van der Waals surface area contributed by atoms with Crippen LogP contribution in [0.2, 0.25) is 0 Å². The van der Waals surface area contributed by atoms with E-state index in [1.54, 1.807) is 24.2 Å². The maximum atomic E-state index is 11.6. The topological polar surface area (TPSA) is 150 Å². The summed E-state index contributed by atoms with van der Waals surface area (Å²) in [6, 6.07) is 27.1. The van der Waals surface area contributed by atoms with E-state index in [-0.39, 0.29) is 11.9 Å². The second-order valence-corrected chi connectivity index (χ2v) is 13.2. The summed E-state index contributed by atoms with van der Waals surface area (Å²) in [7, 11) is 1.55. The van der Waals surface area contributed by atoms with Crippen LogP contribution in [0.1, 0.15) is 12.5 Å². The number of aliphatic hydroxyl groups excluding tert-OH is 2. The number of ether oxygens (including phenoxy) is 3. The molecule has 5 aromatic rings. The van der Waals surface area contributed by atoms with Crippen molar-refractivity contribution in [2.24, 2.45) is 0 Å². The lowest BCUT2D eigenvalue weighted by Crippen LogP contribution is -2.56. The van der Waals surface area contributed by atoms with Crippen LogP contribution in [0, 0.1) is 0 Å². The Balaban J connectivity index is 1.09. The Morgan fingerprint density at radius 3 is 2.19 bits per heavy atom. The summed E-state index contributed by atoms with van der Waals surface area (Å²) in [4.78, 5) is 0. The van der Waals surface area contributed by atoms with Crippen LogP contribution >= 0.6 is 11.8 Å². The standard InChI is InChI=1S/C34H36N6O6S/c1-44-32-30(39-17-27(35-37-39)25-14-12-23(13-15-25)22-8-4-2-5-9-22)31(42)29(19-41)46-33(32)47-26-16-34(43,21-45-20-26)40-18-28(36-38-40)24-10-6-3-7-11-24/h2-15,17-18,26,29-33,41-43H,16,19-21H2,1H3. The van der Waals surface area contributed by atoms with Crippen LogP contribution in [0.15, 0.2) is 97.3 Å². The van der Waals surface area contributed by atoms with Crippen LogP contribution in [0.5, 0.6) is 0 Å². The van der Waals surface area contributed by atoms with Gasteiger partial charge in [-0.2, -0.15) is 0 Å². The third kappa shape index (κ3) is 6.48. The number of benzene rings is 3. The first-order valence-corrected chi connectivity index (χ1v) is 16.4. The number of aromatic nitrogens is 6. The van der Waals surface area contributed by atoms with Crippen LogP contribution in [0.25, 0.3) is 33.6 Å². The molecule has 244 valence electrons. The highest BCUT2D eigenvalue weighted by atomic mass is 32.2. The zero-order valence-corrected chi connectivity index (χ0v) is 26.5. The maximum Gasteiger partial charge on any atom is 0.184 e. The molecule has 47 heavy (non-hydrogen) atoms. The Hall–Kier alpha value is -3.95. The minimum atomic E-state index is -1.43. The van der Waals surface area contributed by atoms with E-state index in [0.717, 1.165) is 22.3 Å². The fourth-order valence-corrected chi connectivity index (χ4v) is 7.77. The van der Waals surface area contributed by atoms with Gasteiger partial charge in [0.15, 0.2) is 5.72 Å². The van der Waals surface area contributed by atoms with Gasteiger partial charge in [0.1, 0.15) is 41.2 Å². The lowest BCUT2D eigenvalue weighted by molar-refractivity contribution is -0.187. The largest absolute Gasteiger partial charge is 0.394 e. The number of thioether (sulfide) groups is 1. The van der Waals surface area contributed by atoms with E-state index in [0.29, 0.717) is 24.4 Å². The first-order valence-electron chi connectivity index (χ1n) is 15.4. The summed E-state index contributed by atoms with van der Waals surface area (Å²) in [6.45, 7) is 0.00249. The summed E-state index contributed by atoms with van der Waals surface area (Å²) in [5.41, 5.74) is 3.19. The number of methoxy groups -OCH3 is 1. The molecule has 0 aliphatic carbocycles. The molecular weight excluding hydrogens is 620 g/mol. The molecule has 12 nitrogen and oxygen atoms in total. The van der Waals surface area contributed by atoms with E-state index < -0.39 is 42.1 Å². The molecule has 7 rings (SSSR count). The molecule has 2 fully saturated rings. The van der Waals surface area contributed by atoms with Crippen molar-refractivity contribution in [2.75, 3.05) is 26.9 Å². The van der Waals surface area contributed by atoms with E-state index in [4.69, 9.17) is 14.2 Å². The van der Waals surface area contributed by atoms with Crippen LogP contribution < -0.4 is 0 Å². The van der Waals surface area contributed by atoms with Crippen molar-refractivity contribution in [1.29, 1.82) is 0 Å². The molecule has 0 radical (unpaired) electrons. The number of rotatable bonds is 9. The number of nitrogens with zero attached hydrogens (tertiary/aromatic N) is 6. The number of hydrogen-bond acceptors (Lipinski definition) is 11. The van der Waals surface area contributed by atoms with E-state index in [2.05, 4.69) is 32.8 Å². The molecule has 3 aromatic carbocycles. The normalized spacial score (nSPS) is 27.9. The van der Waals surface area contributed by atoms with Crippen molar-refractivity contribution < 1.29 is 29.5 Å². The first kappa shape index (κ1) is 31.6.